The molecule has 22 heteroatoms. The maximum Gasteiger partial charge on any atom is 0.422 e. The minimum Gasteiger partial charge on any atom is -0.465 e. The lowest BCUT2D eigenvalue weighted by Gasteiger charge is -2.19. The third kappa shape index (κ3) is 24.5. The lowest BCUT2D eigenvalue weighted by molar-refractivity contribution is -0.142. The second-order valence-corrected chi connectivity index (χ2v) is 13.0. The van der Waals surface area contributed by atoms with Gasteiger partial charge in [0.1, 0.15) is 18.7 Å². The summed E-state index contributed by atoms with van der Waals surface area (Å²) in [6.45, 7) is 15.1. The van der Waals surface area contributed by atoms with Crippen molar-refractivity contribution in [2.45, 2.75) is 67.9 Å². The Labute approximate surface area is 254 Å². The number of carbonyl (C=O) groups is 4. The second-order valence-electron chi connectivity index (χ2n) is 8.25. The highest BCUT2D eigenvalue weighted by atomic mass is 32.2. The number of nitrogens with zero attached hydrogens (tertiary/aromatic N) is 1. The molecule has 0 radical (unpaired) electrons. The minimum atomic E-state index is -4.14. The lowest BCUT2D eigenvalue weighted by atomic mass is 10.2. The van der Waals surface area contributed by atoms with E-state index in [2.05, 4.69) is 18.9 Å². The van der Waals surface area contributed by atoms with Gasteiger partial charge in [-0.15, -0.1) is 0 Å². The molecule has 0 bridgehead atoms. The van der Waals surface area contributed by atoms with E-state index >= 15 is 0 Å². The molecule has 256 valence electrons. The van der Waals surface area contributed by atoms with E-state index in [-0.39, 0.29) is 45.3 Å². The smallest absolute Gasteiger partial charge is 0.422 e. The first-order valence-corrected chi connectivity index (χ1v) is 17.4. The molecule has 43 heavy (non-hydrogen) atoms. The molecule has 2 amide bonds. The molecule has 0 saturated carbocycles. The fourth-order valence-electron chi connectivity index (χ4n) is 2.22. The van der Waals surface area contributed by atoms with Crippen LogP contribution in [0.4, 0.5) is 4.79 Å². The van der Waals surface area contributed by atoms with Gasteiger partial charge in [-0.05, 0) is 41.5 Å². The molecule has 5 N–H and O–H groups in total. The number of ether oxygens (including phenoxy) is 3. The van der Waals surface area contributed by atoms with Crippen molar-refractivity contribution < 1.29 is 58.6 Å². The molecule has 0 aromatic rings. The van der Waals surface area contributed by atoms with Crippen LogP contribution in [0.5, 0.6) is 0 Å². The van der Waals surface area contributed by atoms with Gasteiger partial charge in [0.15, 0.2) is 0 Å². The van der Waals surface area contributed by atoms with Crippen molar-refractivity contribution >= 4 is 54.6 Å². The SMILES string of the molecule is CC.CCN1C(=O)CNS1(=O)=O.CCNS(=O)(=O)NCC(=O)OCC.CCOC(=O)CNS(=O)(=O)NC(=O)OC(C)(C)C. The third-order valence-electron chi connectivity index (χ3n) is 3.64. The first kappa shape index (κ1) is 44.8. The molecule has 1 saturated heterocycles. The predicted molar refractivity (Wildman–Crippen MR) is 156 cm³/mol. The first-order valence-electron chi connectivity index (χ1n) is 13.0. The van der Waals surface area contributed by atoms with E-state index in [1.54, 1.807) is 53.2 Å². The number of hydrogen-bond acceptors (Lipinski definition) is 13. The number of carbonyl (C=O) groups excluding carboxylic acids is 4. The van der Waals surface area contributed by atoms with Gasteiger partial charge < -0.3 is 14.2 Å². The predicted octanol–water partition coefficient (Wildman–Crippen LogP) is -1.39. The van der Waals surface area contributed by atoms with Crippen LogP contribution in [0.2, 0.25) is 0 Å². The van der Waals surface area contributed by atoms with Crippen molar-refractivity contribution in [3.05, 3.63) is 0 Å². The van der Waals surface area contributed by atoms with Crippen molar-refractivity contribution in [1.29, 1.82) is 0 Å². The first-order chi connectivity index (χ1) is 19.6. The van der Waals surface area contributed by atoms with Crippen molar-refractivity contribution in [3.8, 4) is 0 Å². The molecule has 0 spiro atoms. The van der Waals surface area contributed by atoms with Crippen LogP contribution in [0.1, 0.15) is 62.3 Å². The molecule has 1 heterocycles. The van der Waals surface area contributed by atoms with Gasteiger partial charge in [-0.1, -0.05) is 20.8 Å². The van der Waals surface area contributed by atoms with Gasteiger partial charge in [-0.3, -0.25) is 14.4 Å². The minimum absolute atomic E-state index is 0.101. The third-order valence-corrected chi connectivity index (χ3v) is 7.34. The maximum atomic E-state index is 11.3. The summed E-state index contributed by atoms with van der Waals surface area (Å²) in [6.07, 6.45) is -1.13. The summed E-state index contributed by atoms with van der Waals surface area (Å²) in [4.78, 5) is 43.5. The highest BCUT2D eigenvalue weighted by molar-refractivity contribution is 7.88. The average molecular weight is 687 g/mol. The summed E-state index contributed by atoms with van der Waals surface area (Å²) in [5, 5.41) is 0. The quantitative estimate of drug-likeness (QED) is 0.117. The highest BCUT2D eigenvalue weighted by Crippen LogP contribution is 2.06. The number of likely N-dealkylation sites (N-methyl/N-ethyl adjacent to an activating group) is 1. The number of amides is 2. The molecule has 1 rings (SSSR count). The molecule has 1 aliphatic rings. The zero-order valence-corrected chi connectivity index (χ0v) is 28.4. The number of esters is 2. The van der Waals surface area contributed by atoms with Crippen LogP contribution in [0.15, 0.2) is 0 Å². The van der Waals surface area contributed by atoms with Gasteiger partial charge in [0.05, 0.1) is 19.8 Å². The fourth-order valence-corrected chi connectivity index (χ4v) is 4.78. The van der Waals surface area contributed by atoms with Gasteiger partial charge in [-0.25, -0.2) is 18.5 Å². The number of hydrogen-bond donors (Lipinski definition) is 5. The van der Waals surface area contributed by atoms with Gasteiger partial charge in [0, 0.05) is 13.1 Å². The summed E-state index contributed by atoms with van der Waals surface area (Å²) >= 11 is 0. The maximum absolute atomic E-state index is 11.3. The molecular formula is C21H46N6O13S3. The zero-order chi connectivity index (χ0) is 34.5. The van der Waals surface area contributed by atoms with Crippen LogP contribution in [0.25, 0.3) is 0 Å². The van der Waals surface area contributed by atoms with Crippen molar-refractivity contribution in [3.63, 3.8) is 0 Å². The van der Waals surface area contributed by atoms with Crippen LogP contribution in [-0.4, -0.2) is 105 Å². The molecule has 0 atom stereocenters. The summed E-state index contributed by atoms with van der Waals surface area (Å²) in [6, 6.07) is 0. The van der Waals surface area contributed by atoms with E-state index < -0.39 is 60.8 Å². The van der Waals surface area contributed by atoms with Crippen LogP contribution in [-0.2, 0) is 59.2 Å². The Hall–Kier alpha value is -2.63. The Morgan fingerprint density at radius 2 is 1.30 bits per heavy atom. The molecule has 1 fully saturated rings. The van der Waals surface area contributed by atoms with Gasteiger partial charge in [0.25, 0.3) is 16.1 Å². The molecule has 0 aromatic carbocycles. The van der Waals surface area contributed by atoms with Crippen LogP contribution < -0.4 is 23.6 Å². The summed E-state index contributed by atoms with van der Waals surface area (Å²) in [5.74, 6) is -1.72. The van der Waals surface area contributed by atoms with Crippen molar-refractivity contribution in [1.82, 2.24) is 27.9 Å². The van der Waals surface area contributed by atoms with Crippen LogP contribution in [0, 0.1) is 0 Å². The zero-order valence-electron chi connectivity index (χ0n) is 25.9. The molecule has 0 unspecified atom stereocenters. The summed E-state index contributed by atoms with van der Waals surface area (Å²) in [5.41, 5.74) is -0.819. The summed E-state index contributed by atoms with van der Waals surface area (Å²) < 4.78 is 90.4. The Balaban J connectivity index is -0.000000563. The Bertz CT molecular complexity index is 1190. The average Bonchev–Trinajstić information content (AvgIpc) is 3.13. The van der Waals surface area contributed by atoms with E-state index in [0.717, 1.165) is 4.31 Å². The fraction of sp³-hybridized carbons (Fsp3) is 0.810. The van der Waals surface area contributed by atoms with Crippen LogP contribution >= 0.6 is 0 Å². The highest BCUT2D eigenvalue weighted by Gasteiger charge is 2.32. The van der Waals surface area contributed by atoms with Crippen molar-refractivity contribution in [2.24, 2.45) is 0 Å². The largest absolute Gasteiger partial charge is 0.465 e. The van der Waals surface area contributed by atoms with Gasteiger partial charge in [-0.2, -0.15) is 39.4 Å². The standard InChI is InChI=1S/C9H18N2O6S.C6H14N2O4S.C4H8N2O3S.C2H6/c1-5-16-7(12)6-10-18(14,15)11-8(13)17-9(2,3)4;1-3-7-13(10,11)8-5-6(9)12-4-2;1-2-6-4(7)3-5-10(6,8)9;1-2/h10H,5-6H2,1-4H3,(H,11,13);7-8H,3-5H2,1-2H3;5H,2-3H2,1H3;1-2H3. The van der Waals surface area contributed by atoms with E-state index in [1.165, 1.54) is 0 Å². The van der Waals surface area contributed by atoms with E-state index in [1.807, 2.05) is 23.3 Å². The normalized spacial score (nSPS) is 14.0. The van der Waals surface area contributed by atoms with Gasteiger partial charge >= 0.3 is 38.5 Å². The molecule has 1 aliphatic heterocycles. The topological polar surface area (TPSA) is 262 Å². The molecular weight excluding hydrogens is 640 g/mol. The second kappa shape index (κ2) is 22.0. The summed E-state index contributed by atoms with van der Waals surface area (Å²) in [7, 11) is -11.1. The monoisotopic (exact) mass is 686 g/mol. The Kier molecular flexibility index (Phi) is 22.9. The molecule has 0 aromatic heterocycles. The van der Waals surface area contributed by atoms with E-state index in [9.17, 15) is 44.4 Å². The van der Waals surface area contributed by atoms with E-state index in [0.29, 0.717) is 0 Å². The Morgan fingerprint density at radius 3 is 1.60 bits per heavy atom. The van der Waals surface area contributed by atoms with Crippen molar-refractivity contribution in [2.75, 3.05) is 45.9 Å². The van der Waals surface area contributed by atoms with Gasteiger partial charge in [0.2, 0.25) is 0 Å². The number of rotatable bonds is 12. The number of nitrogens with one attached hydrogen (secondary N) is 5. The lowest BCUT2D eigenvalue weighted by Crippen LogP contribution is -2.44. The van der Waals surface area contributed by atoms with E-state index in [4.69, 9.17) is 4.74 Å². The Morgan fingerprint density at radius 1 is 0.860 bits per heavy atom. The van der Waals surface area contributed by atoms with Crippen LogP contribution in [0.3, 0.4) is 0 Å². The molecule has 19 nitrogen and oxygen atoms in total. The molecule has 0 aliphatic carbocycles.